The van der Waals surface area contributed by atoms with Gasteiger partial charge in [-0.25, -0.2) is 9.97 Å². The minimum absolute atomic E-state index is 0.0615. The fraction of sp³-hybridized carbons (Fsp3) is 0.136. The standard InChI is InChI=1S/C22H18N6OS/c1-14-6-5-10-26-21(14)27-18(29)9-11-30-22-17(13-24)19(15-7-3-2-4-8-15)16(12-23)20(25)28-22/h2-8,10H,9,11H2,1H3,(H2,25,28)(H,26,27,29). The average molecular weight is 414 g/mol. The number of rotatable bonds is 6. The second-order valence-corrected chi connectivity index (χ2v) is 7.42. The molecule has 0 radical (unpaired) electrons. The van der Waals surface area contributed by atoms with Crippen molar-refractivity contribution < 1.29 is 4.79 Å². The number of nitrogens with two attached hydrogens (primary N) is 1. The van der Waals surface area contributed by atoms with Gasteiger partial charge in [0.05, 0.1) is 5.56 Å². The van der Waals surface area contributed by atoms with Crippen molar-refractivity contribution in [3.63, 3.8) is 0 Å². The zero-order valence-corrected chi connectivity index (χ0v) is 17.0. The van der Waals surface area contributed by atoms with E-state index >= 15 is 0 Å². The number of nitrogen functional groups attached to an aromatic ring is 1. The van der Waals surface area contributed by atoms with E-state index in [9.17, 15) is 15.3 Å². The average Bonchev–Trinajstić information content (AvgIpc) is 2.75. The molecule has 3 aromatic rings. The van der Waals surface area contributed by atoms with E-state index in [2.05, 4.69) is 27.4 Å². The van der Waals surface area contributed by atoms with Gasteiger partial charge in [-0.1, -0.05) is 36.4 Å². The zero-order chi connectivity index (χ0) is 21.5. The molecule has 2 heterocycles. The maximum atomic E-state index is 12.2. The lowest BCUT2D eigenvalue weighted by molar-refractivity contribution is -0.115. The highest BCUT2D eigenvalue weighted by Crippen LogP contribution is 2.35. The molecule has 3 N–H and O–H groups in total. The smallest absolute Gasteiger partial charge is 0.226 e. The van der Waals surface area contributed by atoms with Crippen LogP contribution in [-0.2, 0) is 4.79 Å². The predicted molar refractivity (Wildman–Crippen MR) is 116 cm³/mol. The van der Waals surface area contributed by atoms with Crippen LogP contribution in [0.4, 0.5) is 11.6 Å². The van der Waals surface area contributed by atoms with E-state index < -0.39 is 0 Å². The molecule has 0 spiro atoms. The van der Waals surface area contributed by atoms with Gasteiger partial charge in [-0.15, -0.1) is 11.8 Å². The summed E-state index contributed by atoms with van der Waals surface area (Å²) in [7, 11) is 0. The van der Waals surface area contributed by atoms with Gasteiger partial charge >= 0.3 is 0 Å². The van der Waals surface area contributed by atoms with E-state index in [1.165, 1.54) is 11.8 Å². The molecule has 7 nitrogen and oxygen atoms in total. The van der Waals surface area contributed by atoms with Crippen molar-refractivity contribution in [1.82, 2.24) is 9.97 Å². The van der Waals surface area contributed by atoms with Crippen molar-refractivity contribution in [2.45, 2.75) is 18.4 Å². The highest BCUT2D eigenvalue weighted by Gasteiger charge is 2.20. The van der Waals surface area contributed by atoms with E-state index in [4.69, 9.17) is 5.73 Å². The van der Waals surface area contributed by atoms with Gasteiger partial charge in [0.2, 0.25) is 5.91 Å². The summed E-state index contributed by atoms with van der Waals surface area (Å²) in [5.41, 5.74) is 8.50. The van der Waals surface area contributed by atoms with Crippen molar-refractivity contribution in [2.75, 3.05) is 16.8 Å². The van der Waals surface area contributed by atoms with Crippen molar-refractivity contribution in [1.29, 1.82) is 10.5 Å². The summed E-state index contributed by atoms with van der Waals surface area (Å²) in [5, 5.41) is 22.5. The van der Waals surface area contributed by atoms with Gasteiger partial charge in [0.1, 0.15) is 34.4 Å². The number of hydrogen-bond acceptors (Lipinski definition) is 7. The third-order valence-electron chi connectivity index (χ3n) is 4.31. The number of nitrogens with zero attached hydrogens (tertiary/aromatic N) is 4. The molecule has 2 aromatic heterocycles. The summed E-state index contributed by atoms with van der Waals surface area (Å²) in [4.78, 5) is 20.6. The van der Waals surface area contributed by atoms with Gasteiger partial charge in [0, 0.05) is 23.9 Å². The molecule has 1 aromatic carbocycles. The molecule has 0 aliphatic carbocycles. The Morgan fingerprint density at radius 3 is 2.53 bits per heavy atom. The first-order chi connectivity index (χ1) is 14.5. The number of aromatic nitrogens is 2. The number of thioether (sulfide) groups is 1. The SMILES string of the molecule is Cc1cccnc1NC(=O)CCSc1nc(N)c(C#N)c(-c2ccccc2)c1C#N. The lowest BCUT2D eigenvalue weighted by Gasteiger charge is -2.13. The number of nitriles is 2. The molecule has 0 aliphatic rings. The number of aryl methyl sites for hydroxylation is 1. The highest BCUT2D eigenvalue weighted by atomic mass is 32.2. The van der Waals surface area contributed by atoms with E-state index in [1.54, 1.807) is 12.3 Å². The number of carbonyl (C=O) groups excluding carboxylic acids is 1. The molecule has 0 saturated heterocycles. The van der Waals surface area contributed by atoms with Gasteiger partial charge in [-0.3, -0.25) is 4.79 Å². The Labute approximate surface area is 178 Å². The second-order valence-electron chi connectivity index (χ2n) is 6.33. The lowest BCUT2D eigenvalue weighted by Crippen LogP contribution is -2.14. The number of amides is 1. The maximum Gasteiger partial charge on any atom is 0.226 e. The van der Waals surface area contributed by atoms with Gasteiger partial charge in [-0.05, 0) is 24.1 Å². The maximum absolute atomic E-state index is 12.2. The fourth-order valence-corrected chi connectivity index (χ4v) is 3.78. The summed E-state index contributed by atoms with van der Waals surface area (Å²) >= 11 is 1.25. The van der Waals surface area contributed by atoms with E-state index in [0.29, 0.717) is 27.7 Å². The van der Waals surface area contributed by atoms with Crippen molar-refractivity contribution in [3.05, 3.63) is 65.4 Å². The summed E-state index contributed by atoms with van der Waals surface area (Å²) < 4.78 is 0. The number of pyridine rings is 2. The topological polar surface area (TPSA) is 128 Å². The molecule has 1 amide bonds. The Bertz CT molecular complexity index is 1160. The van der Waals surface area contributed by atoms with Gasteiger partial charge in [0.15, 0.2) is 0 Å². The van der Waals surface area contributed by atoms with Crippen LogP contribution < -0.4 is 11.1 Å². The minimum Gasteiger partial charge on any atom is -0.383 e. The molecule has 0 saturated carbocycles. The van der Waals surface area contributed by atoms with E-state index in [0.717, 1.165) is 5.56 Å². The number of carbonyl (C=O) groups is 1. The number of anilines is 2. The molecule has 8 heteroatoms. The van der Waals surface area contributed by atoms with E-state index in [1.807, 2.05) is 43.3 Å². The monoisotopic (exact) mass is 414 g/mol. The predicted octanol–water partition coefficient (Wildman–Crippen LogP) is 3.90. The van der Waals surface area contributed by atoms with Crippen molar-refractivity contribution in [2.24, 2.45) is 0 Å². The molecular weight excluding hydrogens is 396 g/mol. The second kappa shape index (κ2) is 9.55. The molecular formula is C22H18N6OS. The quantitative estimate of drug-likeness (QED) is 0.585. The van der Waals surface area contributed by atoms with Crippen LogP contribution in [0.2, 0.25) is 0 Å². The third-order valence-corrected chi connectivity index (χ3v) is 5.29. The Morgan fingerprint density at radius 1 is 1.13 bits per heavy atom. The highest BCUT2D eigenvalue weighted by molar-refractivity contribution is 7.99. The summed E-state index contributed by atoms with van der Waals surface area (Å²) in [5.74, 6) is 0.787. The first-order valence-corrected chi connectivity index (χ1v) is 10.1. The number of hydrogen-bond donors (Lipinski definition) is 2. The van der Waals surface area contributed by atoms with Crippen LogP contribution in [0, 0.1) is 29.6 Å². The van der Waals surface area contributed by atoms with Crippen molar-refractivity contribution in [3.8, 4) is 23.3 Å². The molecule has 0 fully saturated rings. The largest absolute Gasteiger partial charge is 0.383 e. The minimum atomic E-state index is -0.187. The molecule has 0 atom stereocenters. The molecule has 0 aliphatic heterocycles. The summed E-state index contributed by atoms with van der Waals surface area (Å²) in [6.07, 6.45) is 1.82. The zero-order valence-electron chi connectivity index (χ0n) is 16.2. The van der Waals surface area contributed by atoms with Gasteiger partial charge < -0.3 is 11.1 Å². The Morgan fingerprint density at radius 2 is 1.87 bits per heavy atom. The lowest BCUT2D eigenvalue weighted by atomic mass is 9.97. The van der Waals surface area contributed by atoms with Crippen LogP contribution in [0.1, 0.15) is 23.1 Å². The van der Waals surface area contributed by atoms with Crippen LogP contribution in [0.25, 0.3) is 11.1 Å². The Balaban J connectivity index is 1.81. The Kier molecular flexibility index (Phi) is 6.63. The molecule has 0 unspecified atom stereocenters. The van der Waals surface area contributed by atoms with Gasteiger partial charge in [-0.2, -0.15) is 10.5 Å². The summed E-state index contributed by atoms with van der Waals surface area (Å²) in [6.45, 7) is 1.87. The normalized spacial score (nSPS) is 10.1. The number of nitrogens with one attached hydrogen (secondary N) is 1. The van der Waals surface area contributed by atoms with Crippen LogP contribution in [0.3, 0.4) is 0 Å². The summed E-state index contributed by atoms with van der Waals surface area (Å²) in [6, 6.07) is 17.0. The fourth-order valence-electron chi connectivity index (χ4n) is 2.85. The Hall–Kier alpha value is -3.88. The van der Waals surface area contributed by atoms with E-state index in [-0.39, 0.29) is 29.3 Å². The molecule has 148 valence electrons. The number of benzene rings is 1. The molecule has 3 rings (SSSR count). The first kappa shape index (κ1) is 20.8. The molecule has 0 bridgehead atoms. The van der Waals surface area contributed by atoms with Crippen molar-refractivity contribution >= 4 is 29.3 Å². The van der Waals surface area contributed by atoms with Gasteiger partial charge in [0.25, 0.3) is 0 Å². The van der Waals surface area contributed by atoms with Crippen LogP contribution in [0.15, 0.2) is 53.7 Å². The van der Waals surface area contributed by atoms with Crippen LogP contribution >= 0.6 is 11.8 Å². The van der Waals surface area contributed by atoms with Crippen LogP contribution in [-0.4, -0.2) is 21.6 Å². The van der Waals surface area contributed by atoms with Crippen LogP contribution in [0.5, 0.6) is 0 Å². The molecule has 30 heavy (non-hydrogen) atoms. The first-order valence-electron chi connectivity index (χ1n) is 9.08. The third kappa shape index (κ3) is 4.57.